The summed E-state index contributed by atoms with van der Waals surface area (Å²) in [6, 6.07) is 12.1. The summed E-state index contributed by atoms with van der Waals surface area (Å²) in [6.45, 7) is 0.281. The van der Waals surface area contributed by atoms with Gasteiger partial charge in [0, 0.05) is 12.1 Å². The van der Waals surface area contributed by atoms with Crippen LogP contribution in [0.25, 0.3) is 0 Å². The Hall–Kier alpha value is -2.36. The van der Waals surface area contributed by atoms with E-state index in [1.165, 1.54) is 18.2 Å². The van der Waals surface area contributed by atoms with Crippen molar-refractivity contribution in [3.8, 4) is 5.75 Å². The minimum atomic E-state index is -0.444. The molecule has 0 atom stereocenters. The fourth-order valence-corrected chi connectivity index (χ4v) is 1.58. The van der Waals surface area contributed by atoms with Crippen molar-refractivity contribution in [1.82, 2.24) is 5.32 Å². The zero-order chi connectivity index (χ0) is 13.0. The highest BCUT2D eigenvalue weighted by Gasteiger charge is 2.05. The third-order valence-corrected chi connectivity index (χ3v) is 2.45. The predicted octanol–water partition coefficient (Wildman–Crippen LogP) is 2.46. The van der Waals surface area contributed by atoms with Crippen molar-refractivity contribution in [3.63, 3.8) is 0 Å². The van der Waals surface area contributed by atoms with Gasteiger partial charge >= 0.3 is 0 Å². The van der Waals surface area contributed by atoms with E-state index in [2.05, 4.69) is 5.32 Å². The molecular weight excluding hydrogens is 233 g/mol. The lowest BCUT2D eigenvalue weighted by Gasteiger charge is -2.05. The number of nitrogens with one attached hydrogen (secondary N) is 1. The number of phenolic OH excluding ortho intramolecular Hbond substituents is 1. The number of aromatic hydroxyl groups is 1. The molecule has 2 rings (SSSR count). The van der Waals surface area contributed by atoms with Gasteiger partial charge in [0.1, 0.15) is 11.6 Å². The van der Waals surface area contributed by atoms with Gasteiger partial charge in [0.05, 0.1) is 0 Å². The highest BCUT2D eigenvalue weighted by Crippen LogP contribution is 2.11. The lowest BCUT2D eigenvalue weighted by molar-refractivity contribution is 0.0950. The summed E-state index contributed by atoms with van der Waals surface area (Å²) in [5, 5.41) is 11.9. The van der Waals surface area contributed by atoms with Crippen molar-refractivity contribution in [2.75, 3.05) is 0 Å². The molecule has 0 aromatic heterocycles. The van der Waals surface area contributed by atoms with E-state index >= 15 is 0 Å². The summed E-state index contributed by atoms with van der Waals surface area (Å²) in [4.78, 5) is 11.7. The third kappa shape index (κ3) is 3.07. The molecule has 0 aliphatic rings. The number of benzene rings is 2. The summed E-state index contributed by atoms with van der Waals surface area (Å²) in [5.74, 6) is -0.648. The van der Waals surface area contributed by atoms with Crippen LogP contribution in [-0.4, -0.2) is 11.0 Å². The average Bonchev–Trinajstić information content (AvgIpc) is 2.36. The SMILES string of the molecule is O=C(NCc1cccc(O)c1)c1cccc(F)c1. The smallest absolute Gasteiger partial charge is 0.251 e. The van der Waals surface area contributed by atoms with E-state index in [1.54, 1.807) is 30.3 Å². The Morgan fingerprint density at radius 2 is 1.94 bits per heavy atom. The van der Waals surface area contributed by atoms with Gasteiger partial charge in [-0.25, -0.2) is 4.39 Å². The number of hydrogen-bond donors (Lipinski definition) is 2. The molecule has 2 aromatic rings. The van der Waals surface area contributed by atoms with E-state index in [-0.39, 0.29) is 23.8 Å². The Balaban J connectivity index is 2.00. The van der Waals surface area contributed by atoms with Gasteiger partial charge in [-0.3, -0.25) is 4.79 Å². The molecule has 92 valence electrons. The quantitative estimate of drug-likeness (QED) is 0.872. The topological polar surface area (TPSA) is 49.3 Å². The van der Waals surface area contributed by atoms with Crippen LogP contribution in [-0.2, 0) is 6.54 Å². The van der Waals surface area contributed by atoms with Crippen LogP contribution in [0.15, 0.2) is 48.5 Å². The van der Waals surface area contributed by atoms with Gasteiger partial charge in [-0.1, -0.05) is 18.2 Å². The van der Waals surface area contributed by atoms with Crippen molar-refractivity contribution < 1.29 is 14.3 Å². The number of halogens is 1. The molecule has 0 saturated carbocycles. The molecule has 0 heterocycles. The molecule has 2 N–H and O–H groups in total. The van der Waals surface area contributed by atoms with Crippen molar-refractivity contribution >= 4 is 5.91 Å². The van der Waals surface area contributed by atoms with E-state index in [0.717, 1.165) is 5.56 Å². The number of carbonyl (C=O) groups is 1. The van der Waals surface area contributed by atoms with E-state index < -0.39 is 5.82 Å². The normalized spacial score (nSPS) is 10.1. The standard InChI is InChI=1S/C14H12FNO2/c15-12-5-2-4-11(8-12)14(18)16-9-10-3-1-6-13(17)7-10/h1-8,17H,9H2,(H,16,18). The third-order valence-electron chi connectivity index (χ3n) is 2.45. The molecule has 0 bridgehead atoms. The first-order chi connectivity index (χ1) is 8.65. The molecule has 3 nitrogen and oxygen atoms in total. The lowest BCUT2D eigenvalue weighted by atomic mass is 10.2. The van der Waals surface area contributed by atoms with Gasteiger partial charge < -0.3 is 10.4 Å². The lowest BCUT2D eigenvalue weighted by Crippen LogP contribution is -2.22. The Kier molecular flexibility index (Phi) is 3.57. The van der Waals surface area contributed by atoms with E-state index in [9.17, 15) is 14.3 Å². The molecule has 0 fully saturated rings. The van der Waals surface area contributed by atoms with Crippen molar-refractivity contribution in [2.24, 2.45) is 0 Å². The van der Waals surface area contributed by atoms with Gasteiger partial charge in [-0.05, 0) is 35.9 Å². The van der Waals surface area contributed by atoms with Gasteiger partial charge in [-0.2, -0.15) is 0 Å². The highest BCUT2D eigenvalue weighted by molar-refractivity contribution is 5.94. The number of rotatable bonds is 3. The van der Waals surface area contributed by atoms with E-state index in [0.29, 0.717) is 0 Å². The van der Waals surface area contributed by atoms with Gasteiger partial charge in [0.2, 0.25) is 0 Å². The maximum Gasteiger partial charge on any atom is 0.251 e. The molecule has 0 aliphatic heterocycles. The fourth-order valence-electron chi connectivity index (χ4n) is 1.58. The van der Waals surface area contributed by atoms with Crippen molar-refractivity contribution in [2.45, 2.75) is 6.54 Å². The van der Waals surface area contributed by atoms with Gasteiger partial charge in [0.15, 0.2) is 0 Å². The Morgan fingerprint density at radius 1 is 1.17 bits per heavy atom. The Morgan fingerprint density at radius 3 is 2.67 bits per heavy atom. The molecule has 0 spiro atoms. The van der Waals surface area contributed by atoms with Crippen molar-refractivity contribution in [3.05, 3.63) is 65.5 Å². The van der Waals surface area contributed by atoms with Gasteiger partial charge in [0.25, 0.3) is 5.91 Å². The first kappa shape index (κ1) is 12.1. The first-order valence-corrected chi connectivity index (χ1v) is 5.47. The zero-order valence-corrected chi connectivity index (χ0v) is 9.56. The zero-order valence-electron chi connectivity index (χ0n) is 9.56. The summed E-state index contributed by atoms with van der Waals surface area (Å²) in [7, 11) is 0. The molecule has 0 radical (unpaired) electrons. The second-order valence-corrected chi connectivity index (χ2v) is 3.86. The van der Waals surface area contributed by atoms with Crippen LogP contribution in [0.4, 0.5) is 4.39 Å². The van der Waals surface area contributed by atoms with Crippen LogP contribution < -0.4 is 5.32 Å². The number of carbonyl (C=O) groups excluding carboxylic acids is 1. The summed E-state index contributed by atoms with van der Waals surface area (Å²) in [6.07, 6.45) is 0. The van der Waals surface area contributed by atoms with E-state index in [1.807, 2.05) is 0 Å². The summed E-state index contributed by atoms with van der Waals surface area (Å²) < 4.78 is 12.9. The molecule has 2 aromatic carbocycles. The van der Waals surface area contributed by atoms with E-state index in [4.69, 9.17) is 0 Å². The Bertz CT molecular complexity index is 569. The fraction of sp³-hybridized carbons (Fsp3) is 0.0714. The number of amides is 1. The minimum absolute atomic E-state index is 0.146. The maximum absolute atomic E-state index is 12.9. The monoisotopic (exact) mass is 245 g/mol. The Labute approximate surface area is 104 Å². The first-order valence-electron chi connectivity index (χ1n) is 5.47. The second kappa shape index (κ2) is 5.31. The van der Waals surface area contributed by atoms with Gasteiger partial charge in [-0.15, -0.1) is 0 Å². The molecule has 4 heteroatoms. The van der Waals surface area contributed by atoms with Crippen LogP contribution in [0.3, 0.4) is 0 Å². The largest absolute Gasteiger partial charge is 0.508 e. The van der Waals surface area contributed by atoms with Crippen LogP contribution in [0.2, 0.25) is 0 Å². The molecule has 0 aliphatic carbocycles. The second-order valence-electron chi connectivity index (χ2n) is 3.86. The number of phenols is 1. The van der Waals surface area contributed by atoms with Crippen LogP contribution in [0, 0.1) is 5.82 Å². The summed E-state index contributed by atoms with van der Waals surface area (Å²) >= 11 is 0. The maximum atomic E-state index is 12.9. The predicted molar refractivity (Wildman–Crippen MR) is 65.7 cm³/mol. The van der Waals surface area contributed by atoms with Crippen LogP contribution in [0.5, 0.6) is 5.75 Å². The molecule has 0 saturated heterocycles. The molecule has 1 amide bonds. The van der Waals surface area contributed by atoms with Crippen LogP contribution >= 0.6 is 0 Å². The average molecular weight is 245 g/mol. The number of hydrogen-bond acceptors (Lipinski definition) is 2. The molecule has 18 heavy (non-hydrogen) atoms. The van der Waals surface area contributed by atoms with Crippen LogP contribution in [0.1, 0.15) is 15.9 Å². The van der Waals surface area contributed by atoms with Crippen molar-refractivity contribution in [1.29, 1.82) is 0 Å². The molecule has 0 unspecified atom stereocenters. The highest BCUT2D eigenvalue weighted by atomic mass is 19.1. The summed E-state index contributed by atoms with van der Waals surface area (Å²) in [5.41, 5.74) is 1.05. The molecular formula is C14H12FNO2. The minimum Gasteiger partial charge on any atom is -0.508 e.